The van der Waals surface area contributed by atoms with Gasteiger partial charge in [-0.3, -0.25) is 0 Å². The minimum atomic E-state index is 0.501. The highest BCUT2D eigenvalue weighted by Gasteiger charge is 2.17. The molecular weight excluding hydrogens is 254 g/mol. The minimum absolute atomic E-state index is 0.501. The van der Waals surface area contributed by atoms with Crippen molar-refractivity contribution in [2.45, 2.75) is 32.7 Å². The van der Waals surface area contributed by atoms with Gasteiger partial charge in [0, 0.05) is 11.7 Å². The lowest BCUT2D eigenvalue weighted by Gasteiger charge is -2.30. The molecule has 1 aliphatic heterocycles. The highest BCUT2D eigenvalue weighted by Crippen LogP contribution is 2.16. The molecule has 0 saturated carbocycles. The summed E-state index contributed by atoms with van der Waals surface area (Å²) in [5.74, 6) is 0. The Labute approximate surface area is 121 Å². The van der Waals surface area contributed by atoms with Crippen LogP contribution in [-0.4, -0.2) is 36.2 Å². The van der Waals surface area contributed by atoms with Gasteiger partial charge in [-0.05, 0) is 76.2 Å². The zero-order valence-corrected chi connectivity index (χ0v) is 12.8. The van der Waals surface area contributed by atoms with Crippen molar-refractivity contribution in [1.82, 2.24) is 10.2 Å². The quantitative estimate of drug-likeness (QED) is 0.813. The molecule has 0 aromatic heterocycles. The predicted molar refractivity (Wildman–Crippen MR) is 85.8 cm³/mol. The third-order valence-electron chi connectivity index (χ3n) is 3.70. The molecule has 1 heterocycles. The van der Waals surface area contributed by atoms with Crippen LogP contribution in [-0.2, 0) is 0 Å². The first-order chi connectivity index (χ1) is 9.04. The van der Waals surface area contributed by atoms with E-state index in [1.807, 2.05) is 0 Å². The fourth-order valence-electron chi connectivity index (χ4n) is 2.37. The van der Waals surface area contributed by atoms with Crippen LogP contribution in [0.1, 0.15) is 24.0 Å². The molecular formula is C15H23N3S. The van der Waals surface area contributed by atoms with E-state index < -0.39 is 0 Å². The summed E-state index contributed by atoms with van der Waals surface area (Å²) in [5.41, 5.74) is 3.57. The minimum Gasteiger partial charge on any atom is -0.360 e. The predicted octanol–water partition coefficient (Wildman–Crippen LogP) is 2.68. The van der Waals surface area contributed by atoms with Gasteiger partial charge in [0.2, 0.25) is 0 Å². The average molecular weight is 277 g/mol. The average Bonchev–Trinajstić information content (AvgIpc) is 2.37. The molecule has 0 aliphatic carbocycles. The van der Waals surface area contributed by atoms with Crippen LogP contribution < -0.4 is 10.6 Å². The van der Waals surface area contributed by atoms with E-state index >= 15 is 0 Å². The molecule has 1 aliphatic rings. The Hall–Kier alpha value is -1.13. The van der Waals surface area contributed by atoms with Crippen molar-refractivity contribution in [3.63, 3.8) is 0 Å². The molecule has 0 radical (unpaired) electrons. The Morgan fingerprint density at radius 2 is 1.95 bits per heavy atom. The molecule has 1 fully saturated rings. The maximum Gasteiger partial charge on any atom is 0.171 e. The van der Waals surface area contributed by atoms with E-state index in [-0.39, 0.29) is 0 Å². The number of hydrogen-bond donors (Lipinski definition) is 2. The zero-order valence-electron chi connectivity index (χ0n) is 12.0. The van der Waals surface area contributed by atoms with Crippen molar-refractivity contribution in [2.75, 3.05) is 25.5 Å². The normalized spacial score (nSPS) is 17.2. The van der Waals surface area contributed by atoms with Crippen molar-refractivity contribution in [1.29, 1.82) is 0 Å². The van der Waals surface area contributed by atoms with Crippen LogP contribution in [0.2, 0.25) is 0 Å². The van der Waals surface area contributed by atoms with Gasteiger partial charge in [0.05, 0.1) is 0 Å². The first-order valence-electron chi connectivity index (χ1n) is 6.88. The highest BCUT2D eigenvalue weighted by molar-refractivity contribution is 7.80. The fourth-order valence-corrected chi connectivity index (χ4v) is 2.64. The molecule has 2 N–H and O–H groups in total. The van der Waals surface area contributed by atoms with E-state index in [9.17, 15) is 0 Å². The molecule has 4 heteroatoms. The zero-order chi connectivity index (χ0) is 13.8. The Morgan fingerprint density at radius 3 is 2.63 bits per heavy atom. The molecule has 0 amide bonds. The van der Waals surface area contributed by atoms with Crippen LogP contribution in [0, 0.1) is 13.8 Å². The smallest absolute Gasteiger partial charge is 0.171 e. The van der Waals surface area contributed by atoms with Crippen molar-refractivity contribution >= 4 is 23.0 Å². The number of piperidine rings is 1. The number of nitrogens with one attached hydrogen (secondary N) is 2. The molecule has 1 saturated heterocycles. The number of anilines is 1. The maximum atomic E-state index is 5.41. The number of hydrogen-bond acceptors (Lipinski definition) is 2. The van der Waals surface area contributed by atoms with Crippen LogP contribution >= 0.6 is 12.2 Å². The van der Waals surface area contributed by atoms with Gasteiger partial charge in [-0.15, -0.1) is 0 Å². The first-order valence-corrected chi connectivity index (χ1v) is 7.29. The summed E-state index contributed by atoms with van der Waals surface area (Å²) in [5, 5.41) is 7.48. The monoisotopic (exact) mass is 277 g/mol. The summed E-state index contributed by atoms with van der Waals surface area (Å²) in [4.78, 5) is 2.36. The van der Waals surface area contributed by atoms with Gasteiger partial charge < -0.3 is 15.5 Å². The lowest BCUT2D eigenvalue weighted by atomic mass is 10.1. The molecule has 2 rings (SSSR count). The van der Waals surface area contributed by atoms with Gasteiger partial charge in [-0.25, -0.2) is 0 Å². The number of nitrogens with zero attached hydrogens (tertiary/aromatic N) is 1. The van der Waals surface area contributed by atoms with Crippen LogP contribution in [0.25, 0.3) is 0 Å². The molecule has 0 atom stereocenters. The molecule has 0 bridgehead atoms. The topological polar surface area (TPSA) is 27.3 Å². The van der Waals surface area contributed by atoms with Crippen molar-refractivity contribution in [3.8, 4) is 0 Å². The number of likely N-dealkylation sites (tertiary alicyclic amines) is 1. The van der Waals surface area contributed by atoms with Crippen molar-refractivity contribution in [3.05, 3.63) is 29.3 Å². The molecule has 1 aromatic carbocycles. The Kier molecular flexibility index (Phi) is 4.77. The first kappa shape index (κ1) is 14.3. The molecule has 104 valence electrons. The second-order valence-corrected chi connectivity index (χ2v) is 5.90. The third kappa shape index (κ3) is 4.18. The van der Waals surface area contributed by atoms with Crippen LogP contribution in [0.5, 0.6) is 0 Å². The molecule has 3 nitrogen and oxygen atoms in total. The standard InChI is InChI=1S/C15H23N3S/c1-11-4-5-12(2)14(10-11)17-15(19)16-13-6-8-18(3)9-7-13/h4-5,10,13H,6-9H2,1-3H3,(H2,16,17,19). The summed E-state index contributed by atoms with van der Waals surface area (Å²) in [7, 11) is 2.17. The van der Waals surface area contributed by atoms with Gasteiger partial charge in [-0.2, -0.15) is 0 Å². The van der Waals surface area contributed by atoms with E-state index in [0.29, 0.717) is 6.04 Å². The van der Waals surface area contributed by atoms with E-state index in [2.05, 4.69) is 54.6 Å². The molecule has 0 unspecified atom stereocenters. The van der Waals surface area contributed by atoms with Gasteiger partial charge >= 0.3 is 0 Å². The largest absolute Gasteiger partial charge is 0.360 e. The molecule has 1 aromatic rings. The third-order valence-corrected chi connectivity index (χ3v) is 3.91. The number of thiocarbonyl (C=S) groups is 1. The number of benzene rings is 1. The van der Waals surface area contributed by atoms with Gasteiger partial charge in [0.15, 0.2) is 5.11 Å². The Bertz CT molecular complexity index is 451. The maximum absolute atomic E-state index is 5.41. The number of rotatable bonds is 2. The SMILES string of the molecule is Cc1ccc(C)c(NC(=S)NC2CCN(C)CC2)c1. The van der Waals surface area contributed by atoms with E-state index in [4.69, 9.17) is 12.2 Å². The van der Waals surface area contributed by atoms with E-state index in [1.165, 1.54) is 11.1 Å². The van der Waals surface area contributed by atoms with Crippen molar-refractivity contribution < 1.29 is 0 Å². The van der Waals surface area contributed by atoms with E-state index in [0.717, 1.165) is 36.7 Å². The fraction of sp³-hybridized carbons (Fsp3) is 0.533. The van der Waals surface area contributed by atoms with E-state index in [1.54, 1.807) is 0 Å². The molecule has 0 spiro atoms. The Balaban J connectivity index is 1.89. The number of aryl methyl sites for hydroxylation is 2. The lowest BCUT2D eigenvalue weighted by molar-refractivity contribution is 0.247. The summed E-state index contributed by atoms with van der Waals surface area (Å²) >= 11 is 5.41. The lowest BCUT2D eigenvalue weighted by Crippen LogP contribution is -2.44. The Morgan fingerprint density at radius 1 is 1.26 bits per heavy atom. The summed E-state index contributed by atoms with van der Waals surface area (Å²) in [6, 6.07) is 6.88. The summed E-state index contributed by atoms with van der Waals surface area (Å²) in [6.07, 6.45) is 2.32. The summed E-state index contributed by atoms with van der Waals surface area (Å²) in [6.45, 7) is 6.48. The van der Waals surface area contributed by atoms with Gasteiger partial charge in [0.25, 0.3) is 0 Å². The van der Waals surface area contributed by atoms with Gasteiger partial charge in [-0.1, -0.05) is 12.1 Å². The van der Waals surface area contributed by atoms with Crippen LogP contribution in [0.15, 0.2) is 18.2 Å². The second kappa shape index (κ2) is 6.35. The highest BCUT2D eigenvalue weighted by atomic mass is 32.1. The molecule has 19 heavy (non-hydrogen) atoms. The van der Waals surface area contributed by atoms with Crippen LogP contribution in [0.4, 0.5) is 5.69 Å². The van der Waals surface area contributed by atoms with Crippen molar-refractivity contribution in [2.24, 2.45) is 0 Å². The second-order valence-electron chi connectivity index (χ2n) is 5.49. The summed E-state index contributed by atoms with van der Waals surface area (Å²) < 4.78 is 0. The van der Waals surface area contributed by atoms with Gasteiger partial charge in [0.1, 0.15) is 0 Å². The van der Waals surface area contributed by atoms with Crippen LogP contribution in [0.3, 0.4) is 0 Å².